The molecule has 0 aliphatic carbocycles. The lowest BCUT2D eigenvalue weighted by Crippen LogP contribution is -2.43. The molecule has 34 heavy (non-hydrogen) atoms. The van der Waals surface area contributed by atoms with Crippen LogP contribution in [0.1, 0.15) is 5.56 Å². The molecule has 0 saturated carbocycles. The first-order valence-corrected chi connectivity index (χ1v) is 9.30. The normalized spacial score (nSPS) is 14.5. The van der Waals surface area contributed by atoms with E-state index in [0.29, 0.717) is 0 Å². The Bertz CT molecular complexity index is 1270. The Balaban J connectivity index is 1.58. The van der Waals surface area contributed by atoms with Crippen LogP contribution in [0.25, 0.3) is 0 Å². The second kappa shape index (κ2) is 8.28. The molecule has 0 spiro atoms. The van der Waals surface area contributed by atoms with Crippen LogP contribution >= 0.6 is 0 Å². The average molecular weight is 485 g/mol. The zero-order chi connectivity index (χ0) is 24.7. The van der Waals surface area contributed by atoms with Crippen LogP contribution in [0.3, 0.4) is 0 Å². The largest absolute Gasteiger partial charge is 0.497 e. The molecular weight excluding hydrogens is 472 g/mol. The second-order valence-electron chi connectivity index (χ2n) is 6.87. The van der Waals surface area contributed by atoms with E-state index in [0.717, 1.165) is 24.4 Å². The van der Waals surface area contributed by atoms with Crippen LogP contribution in [0.2, 0.25) is 0 Å². The number of hydrogen-bond donors (Lipinski definition) is 3. The first kappa shape index (κ1) is 22.9. The van der Waals surface area contributed by atoms with Crippen molar-refractivity contribution in [2.24, 2.45) is 0 Å². The van der Waals surface area contributed by atoms with Gasteiger partial charge in [0.15, 0.2) is 17.4 Å². The van der Waals surface area contributed by atoms with Crippen molar-refractivity contribution in [2.45, 2.75) is 12.3 Å². The Labute approximate surface area is 186 Å². The van der Waals surface area contributed by atoms with Gasteiger partial charge in [-0.05, 0) is 30.3 Å². The number of amides is 1. The molecule has 3 aromatic rings. The van der Waals surface area contributed by atoms with E-state index in [4.69, 9.17) is 4.74 Å². The maximum Gasteiger partial charge on any atom is 0.482 e. The molecule has 0 fully saturated rings. The van der Waals surface area contributed by atoms with E-state index in [2.05, 4.69) is 25.3 Å². The van der Waals surface area contributed by atoms with Gasteiger partial charge >= 0.3 is 18.2 Å². The molecule has 3 N–H and O–H groups in total. The van der Waals surface area contributed by atoms with Crippen molar-refractivity contribution in [3.63, 3.8) is 0 Å². The summed E-state index contributed by atoms with van der Waals surface area (Å²) in [5.74, 6) is -3.62. The summed E-state index contributed by atoms with van der Waals surface area (Å²) in [6, 6.07) is 6.45. The van der Waals surface area contributed by atoms with Gasteiger partial charge in [0.05, 0.1) is 24.6 Å². The summed E-state index contributed by atoms with van der Waals surface area (Å²) in [6.45, 7) is 0. The van der Waals surface area contributed by atoms with Crippen molar-refractivity contribution in [3.8, 4) is 11.5 Å². The monoisotopic (exact) mass is 485 g/mol. The predicted octanol–water partition coefficient (Wildman–Crippen LogP) is 5.05. The highest BCUT2D eigenvalue weighted by Crippen LogP contribution is 2.38. The Morgan fingerprint density at radius 3 is 2.56 bits per heavy atom. The third kappa shape index (κ3) is 4.74. The van der Waals surface area contributed by atoms with Gasteiger partial charge in [-0.15, -0.1) is 0 Å². The van der Waals surface area contributed by atoms with E-state index in [-0.39, 0.29) is 40.3 Å². The fourth-order valence-electron chi connectivity index (χ4n) is 2.91. The summed E-state index contributed by atoms with van der Waals surface area (Å²) in [6.07, 6.45) is -7.91. The number of halogens is 6. The van der Waals surface area contributed by atoms with E-state index in [1.54, 1.807) is 0 Å². The van der Waals surface area contributed by atoms with E-state index < -0.39 is 29.6 Å². The summed E-state index contributed by atoms with van der Waals surface area (Å²) >= 11 is 0. The molecule has 0 bridgehead atoms. The number of carbonyl (C=O) groups excluding carboxylic acids is 1. The number of aromatic nitrogens is 2. The van der Waals surface area contributed by atoms with Crippen molar-refractivity contribution < 1.29 is 40.6 Å². The highest BCUT2D eigenvalue weighted by molar-refractivity contribution is 5.99. The maximum atomic E-state index is 14.3. The Morgan fingerprint density at radius 1 is 1.09 bits per heavy atom. The molecule has 1 aliphatic rings. The Morgan fingerprint density at radius 2 is 1.85 bits per heavy atom. The smallest absolute Gasteiger partial charge is 0.482 e. The molecule has 2 aromatic carbocycles. The zero-order valence-corrected chi connectivity index (χ0v) is 16.9. The third-order valence-corrected chi connectivity index (χ3v) is 4.46. The van der Waals surface area contributed by atoms with E-state index >= 15 is 0 Å². The predicted molar refractivity (Wildman–Crippen MR) is 107 cm³/mol. The van der Waals surface area contributed by atoms with Crippen LogP contribution in [0, 0.1) is 5.82 Å². The molecule has 0 unspecified atom stereocenters. The lowest BCUT2D eigenvalue weighted by Gasteiger charge is -2.25. The molecule has 1 aromatic heterocycles. The minimum Gasteiger partial charge on any atom is -0.497 e. The number of benzene rings is 2. The van der Waals surface area contributed by atoms with Gasteiger partial charge < -0.3 is 25.4 Å². The number of fused-ring (bicyclic) bond motifs is 1. The molecule has 1 amide bonds. The minimum absolute atomic E-state index is 0.0706. The minimum atomic E-state index is -4.64. The molecule has 0 atom stereocenters. The molecule has 14 heteroatoms. The Kier molecular flexibility index (Phi) is 5.59. The van der Waals surface area contributed by atoms with Crippen LogP contribution < -0.4 is 25.4 Å². The third-order valence-electron chi connectivity index (χ3n) is 4.46. The molecule has 178 valence electrons. The second-order valence-corrected chi connectivity index (χ2v) is 6.87. The lowest BCUT2D eigenvalue weighted by molar-refractivity contribution is -0.189. The Hall–Kier alpha value is -4.23. The number of alkyl halides is 5. The van der Waals surface area contributed by atoms with Gasteiger partial charge in [0.1, 0.15) is 5.75 Å². The number of ether oxygens (including phenoxy) is 2. The number of hydrogen-bond acceptors (Lipinski definition) is 7. The van der Waals surface area contributed by atoms with Gasteiger partial charge in [-0.1, -0.05) is 0 Å². The van der Waals surface area contributed by atoms with Crippen molar-refractivity contribution in [2.75, 3.05) is 23.1 Å². The van der Waals surface area contributed by atoms with E-state index in [1.807, 2.05) is 5.32 Å². The average Bonchev–Trinajstić information content (AvgIpc) is 2.76. The standard InChI is InChI=1S/C20H13F6N5O3/c1-33-12-5-9(19(22,23)24)4-11(6-12)29-18-27-8-13(21)16(31-18)28-10-2-3-15-14(7-10)30-17(32)20(25,26)34-15/h2-8H,1H3,(H,30,32)(H2,27,28,29,31). The highest BCUT2D eigenvalue weighted by Gasteiger charge is 2.46. The SMILES string of the molecule is COc1cc(Nc2ncc(F)c(Nc3ccc4c(c3)NC(=O)C(F)(F)O4)n2)cc(C(F)(F)F)c1. The molecular formula is C20H13F6N5O3. The zero-order valence-electron chi connectivity index (χ0n) is 16.9. The van der Waals surface area contributed by atoms with Crippen molar-refractivity contribution in [1.29, 1.82) is 0 Å². The van der Waals surface area contributed by atoms with Gasteiger partial charge in [0.2, 0.25) is 5.95 Å². The number of methoxy groups -OCH3 is 1. The maximum absolute atomic E-state index is 14.3. The lowest BCUT2D eigenvalue weighted by atomic mass is 10.2. The van der Waals surface area contributed by atoms with E-state index in [9.17, 15) is 31.1 Å². The topological polar surface area (TPSA) is 97.4 Å². The van der Waals surface area contributed by atoms with E-state index in [1.165, 1.54) is 25.3 Å². The number of anilines is 5. The van der Waals surface area contributed by atoms with Crippen molar-refractivity contribution >= 4 is 34.7 Å². The van der Waals surface area contributed by atoms with Gasteiger partial charge in [-0.2, -0.15) is 26.9 Å². The van der Waals surface area contributed by atoms with Gasteiger partial charge in [-0.3, -0.25) is 4.79 Å². The van der Waals surface area contributed by atoms with Gasteiger partial charge in [0.25, 0.3) is 0 Å². The first-order valence-electron chi connectivity index (χ1n) is 9.30. The van der Waals surface area contributed by atoms with Crippen molar-refractivity contribution in [3.05, 3.63) is 54.0 Å². The van der Waals surface area contributed by atoms with Gasteiger partial charge in [-0.25, -0.2) is 9.37 Å². The van der Waals surface area contributed by atoms with Crippen LogP contribution in [-0.2, 0) is 11.0 Å². The molecule has 0 radical (unpaired) electrons. The molecule has 0 saturated heterocycles. The van der Waals surface area contributed by atoms with Crippen LogP contribution in [0.5, 0.6) is 11.5 Å². The first-order chi connectivity index (χ1) is 15.9. The molecule has 8 nitrogen and oxygen atoms in total. The number of rotatable bonds is 5. The summed E-state index contributed by atoms with van der Waals surface area (Å²) in [5, 5.41) is 7.08. The summed E-state index contributed by atoms with van der Waals surface area (Å²) in [5.41, 5.74) is -1.01. The fourth-order valence-corrected chi connectivity index (χ4v) is 2.91. The van der Waals surface area contributed by atoms with Crippen molar-refractivity contribution in [1.82, 2.24) is 9.97 Å². The molecule has 1 aliphatic heterocycles. The fraction of sp³-hybridized carbons (Fsp3) is 0.150. The molecule has 2 heterocycles. The van der Waals surface area contributed by atoms with Crippen LogP contribution in [0.4, 0.5) is 55.2 Å². The number of nitrogens with zero attached hydrogens (tertiary/aromatic N) is 2. The van der Waals surface area contributed by atoms with Gasteiger partial charge in [0, 0.05) is 17.4 Å². The summed E-state index contributed by atoms with van der Waals surface area (Å²) in [7, 11) is 1.20. The summed E-state index contributed by atoms with van der Waals surface area (Å²) in [4.78, 5) is 19.0. The quantitative estimate of drug-likeness (QED) is 0.435. The number of carbonyl (C=O) groups is 1. The van der Waals surface area contributed by atoms with Crippen LogP contribution in [0.15, 0.2) is 42.6 Å². The highest BCUT2D eigenvalue weighted by atomic mass is 19.4. The number of nitrogens with one attached hydrogen (secondary N) is 3. The summed E-state index contributed by atoms with van der Waals surface area (Å²) < 4.78 is 89.5. The van der Waals surface area contributed by atoms with Crippen LogP contribution in [-0.4, -0.2) is 29.1 Å². The molecule has 4 rings (SSSR count).